The minimum Gasteiger partial charge on any atom is -0.396 e. The molecule has 0 aliphatic heterocycles. The monoisotopic (exact) mass is 162 g/mol. The van der Waals surface area contributed by atoms with E-state index in [2.05, 4.69) is 6.92 Å². The lowest BCUT2D eigenvalue weighted by Gasteiger charge is -1.90. The SMILES string of the molecule is CCCCCCO.CCCO. The van der Waals surface area contributed by atoms with Crippen LogP contribution in [0.4, 0.5) is 0 Å². The lowest BCUT2D eigenvalue weighted by Crippen LogP contribution is -1.80. The maximum Gasteiger partial charge on any atom is 0.0431 e. The molecule has 0 heterocycles. The van der Waals surface area contributed by atoms with Crippen LogP contribution in [0.5, 0.6) is 0 Å². The largest absolute Gasteiger partial charge is 0.396 e. The maximum absolute atomic E-state index is 8.29. The van der Waals surface area contributed by atoms with E-state index < -0.39 is 0 Å². The Morgan fingerprint density at radius 3 is 1.55 bits per heavy atom. The van der Waals surface area contributed by atoms with E-state index in [9.17, 15) is 0 Å². The summed E-state index contributed by atoms with van der Waals surface area (Å²) < 4.78 is 0. The normalized spacial score (nSPS) is 8.73. The summed E-state index contributed by atoms with van der Waals surface area (Å²) in [5.74, 6) is 0. The van der Waals surface area contributed by atoms with Crippen molar-refractivity contribution in [2.45, 2.75) is 46.0 Å². The summed E-state index contributed by atoms with van der Waals surface area (Å²) in [4.78, 5) is 0. The van der Waals surface area contributed by atoms with Gasteiger partial charge in [-0.25, -0.2) is 0 Å². The van der Waals surface area contributed by atoms with Crippen LogP contribution in [0.2, 0.25) is 0 Å². The Balaban J connectivity index is 0. The summed E-state index contributed by atoms with van der Waals surface area (Å²) in [6, 6.07) is 0. The van der Waals surface area contributed by atoms with E-state index in [0.717, 1.165) is 12.8 Å². The van der Waals surface area contributed by atoms with Crippen LogP contribution in [0.3, 0.4) is 0 Å². The third kappa shape index (κ3) is 25.7. The second-order valence-electron chi connectivity index (χ2n) is 2.51. The second-order valence-corrected chi connectivity index (χ2v) is 2.51. The summed E-state index contributed by atoms with van der Waals surface area (Å²) in [7, 11) is 0. The van der Waals surface area contributed by atoms with Gasteiger partial charge in [0, 0.05) is 13.2 Å². The Labute approximate surface area is 70.3 Å². The van der Waals surface area contributed by atoms with Crippen molar-refractivity contribution in [2.24, 2.45) is 0 Å². The zero-order valence-corrected chi connectivity index (χ0v) is 7.84. The van der Waals surface area contributed by atoms with Crippen LogP contribution in [0.1, 0.15) is 46.0 Å². The topological polar surface area (TPSA) is 40.5 Å². The van der Waals surface area contributed by atoms with E-state index >= 15 is 0 Å². The Bertz CT molecular complexity index is 40.8. The zero-order chi connectivity index (χ0) is 8.95. The first-order valence-corrected chi connectivity index (χ1v) is 4.55. The molecule has 0 bridgehead atoms. The van der Waals surface area contributed by atoms with Crippen LogP contribution in [-0.2, 0) is 0 Å². The molecule has 0 atom stereocenters. The zero-order valence-electron chi connectivity index (χ0n) is 7.84. The Morgan fingerprint density at radius 1 is 0.727 bits per heavy atom. The number of hydrogen-bond acceptors (Lipinski definition) is 2. The molecule has 2 nitrogen and oxygen atoms in total. The average Bonchev–Trinajstić information content (AvgIpc) is 2.06. The smallest absolute Gasteiger partial charge is 0.0431 e. The van der Waals surface area contributed by atoms with Gasteiger partial charge in [-0.2, -0.15) is 0 Å². The molecule has 0 fully saturated rings. The molecule has 0 aromatic carbocycles. The summed E-state index contributed by atoms with van der Waals surface area (Å²) in [6.07, 6.45) is 5.56. The predicted molar refractivity (Wildman–Crippen MR) is 48.6 cm³/mol. The quantitative estimate of drug-likeness (QED) is 0.607. The first-order chi connectivity index (χ1) is 5.33. The molecule has 0 aliphatic rings. The van der Waals surface area contributed by atoms with Gasteiger partial charge in [0.05, 0.1) is 0 Å². The van der Waals surface area contributed by atoms with Crippen LogP contribution in [0.25, 0.3) is 0 Å². The molecule has 0 rings (SSSR count). The molecule has 0 radical (unpaired) electrons. The second kappa shape index (κ2) is 16.5. The van der Waals surface area contributed by atoms with Crippen molar-refractivity contribution in [3.05, 3.63) is 0 Å². The first kappa shape index (κ1) is 13.5. The van der Waals surface area contributed by atoms with Crippen molar-refractivity contribution in [2.75, 3.05) is 13.2 Å². The molecular formula is C9H22O2. The highest BCUT2D eigenvalue weighted by Crippen LogP contribution is 1.95. The summed E-state index contributed by atoms with van der Waals surface area (Å²) >= 11 is 0. The molecule has 0 saturated carbocycles. The molecule has 0 unspecified atom stereocenters. The van der Waals surface area contributed by atoms with Crippen molar-refractivity contribution >= 4 is 0 Å². The lowest BCUT2D eigenvalue weighted by atomic mass is 10.2. The molecule has 0 amide bonds. The molecule has 0 aromatic heterocycles. The fourth-order valence-electron chi connectivity index (χ4n) is 0.539. The van der Waals surface area contributed by atoms with Crippen LogP contribution >= 0.6 is 0 Å². The average molecular weight is 162 g/mol. The molecule has 0 aliphatic carbocycles. The number of unbranched alkanes of at least 4 members (excludes halogenated alkanes) is 3. The van der Waals surface area contributed by atoms with E-state index in [1.165, 1.54) is 19.3 Å². The molecule has 0 spiro atoms. The van der Waals surface area contributed by atoms with Crippen LogP contribution in [0.15, 0.2) is 0 Å². The highest BCUT2D eigenvalue weighted by molar-refractivity contribution is 4.35. The molecule has 2 N–H and O–H groups in total. The van der Waals surface area contributed by atoms with Crippen molar-refractivity contribution in [1.82, 2.24) is 0 Å². The van der Waals surface area contributed by atoms with Crippen LogP contribution in [0, 0.1) is 0 Å². The highest BCUT2D eigenvalue weighted by Gasteiger charge is 1.80. The fourth-order valence-corrected chi connectivity index (χ4v) is 0.539. The van der Waals surface area contributed by atoms with Crippen molar-refractivity contribution in [1.29, 1.82) is 0 Å². The summed E-state index contributed by atoms with van der Waals surface area (Å²) in [5.41, 5.74) is 0. The number of aliphatic hydroxyl groups is 2. The molecule has 2 heteroatoms. The molecule has 11 heavy (non-hydrogen) atoms. The van der Waals surface area contributed by atoms with Gasteiger partial charge in [-0.05, 0) is 12.8 Å². The fraction of sp³-hybridized carbons (Fsp3) is 1.00. The third-order valence-corrected chi connectivity index (χ3v) is 1.24. The van der Waals surface area contributed by atoms with Gasteiger partial charge in [-0.1, -0.05) is 33.1 Å². The summed E-state index contributed by atoms with van der Waals surface area (Å²) in [6.45, 7) is 4.78. The van der Waals surface area contributed by atoms with E-state index in [0.29, 0.717) is 13.2 Å². The third-order valence-electron chi connectivity index (χ3n) is 1.24. The number of rotatable bonds is 5. The summed E-state index contributed by atoms with van der Waals surface area (Å²) in [5, 5.41) is 16.2. The molecule has 0 aromatic rings. The lowest BCUT2D eigenvalue weighted by molar-refractivity contribution is 0.283. The van der Waals surface area contributed by atoms with Crippen molar-refractivity contribution in [3.8, 4) is 0 Å². The van der Waals surface area contributed by atoms with Gasteiger partial charge >= 0.3 is 0 Å². The Kier molecular flexibility index (Phi) is 20.2. The van der Waals surface area contributed by atoms with Gasteiger partial charge in [0.25, 0.3) is 0 Å². The minimum atomic E-state index is 0.319. The number of hydrogen-bond donors (Lipinski definition) is 2. The first-order valence-electron chi connectivity index (χ1n) is 4.55. The van der Waals surface area contributed by atoms with Gasteiger partial charge in [-0.3, -0.25) is 0 Å². The van der Waals surface area contributed by atoms with Crippen LogP contribution < -0.4 is 0 Å². The molecule has 70 valence electrons. The predicted octanol–water partition coefficient (Wildman–Crippen LogP) is 1.95. The standard InChI is InChI=1S/C6H14O.C3H8O/c1-2-3-4-5-6-7;1-2-3-4/h7H,2-6H2,1H3;4H,2-3H2,1H3. The maximum atomic E-state index is 8.29. The van der Waals surface area contributed by atoms with Crippen molar-refractivity contribution < 1.29 is 10.2 Å². The Morgan fingerprint density at radius 2 is 1.27 bits per heavy atom. The van der Waals surface area contributed by atoms with Crippen molar-refractivity contribution in [3.63, 3.8) is 0 Å². The van der Waals surface area contributed by atoms with E-state index in [1.54, 1.807) is 0 Å². The van der Waals surface area contributed by atoms with E-state index in [1.807, 2.05) is 6.92 Å². The Hall–Kier alpha value is -0.0800. The number of aliphatic hydroxyl groups excluding tert-OH is 2. The van der Waals surface area contributed by atoms with E-state index in [4.69, 9.17) is 10.2 Å². The highest BCUT2D eigenvalue weighted by atomic mass is 16.3. The van der Waals surface area contributed by atoms with Gasteiger partial charge in [0.15, 0.2) is 0 Å². The minimum absolute atomic E-state index is 0.319. The molecule has 0 saturated heterocycles. The van der Waals surface area contributed by atoms with Crippen LogP contribution in [-0.4, -0.2) is 23.4 Å². The van der Waals surface area contributed by atoms with E-state index in [-0.39, 0.29) is 0 Å². The van der Waals surface area contributed by atoms with Gasteiger partial charge < -0.3 is 10.2 Å². The van der Waals surface area contributed by atoms with Gasteiger partial charge in [0.2, 0.25) is 0 Å². The molecular weight excluding hydrogens is 140 g/mol. The van der Waals surface area contributed by atoms with Gasteiger partial charge in [-0.15, -0.1) is 0 Å². The van der Waals surface area contributed by atoms with Gasteiger partial charge in [0.1, 0.15) is 0 Å².